The first-order valence-electron chi connectivity index (χ1n) is 6.38. The van der Waals surface area contributed by atoms with Crippen LogP contribution in [0.2, 0.25) is 0 Å². The van der Waals surface area contributed by atoms with E-state index in [1.54, 1.807) is 0 Å². The molecule has 98 valence electrons. The van der Waals surface area contributed by atoms with E-state index in [1.807, 2.05) is 37.3 Å². The second-order valence-corrected chi connectivity index (χ2v) is 5.03. The van der Waals surface area contributed by atoms with Gasteiger partial charge in [-0.1, -0.05) is 30.3 Å². The van der Waals surface area contributed by atoms with E-state index in [1.165, 1.54) is 0 Å². The van der Waals surface area contributed by atoms with E-state index >= 15 is 0 Å². The Morgan fingerprint density at radius 2 is 2.22 bits per heavy atom. The molecule has 0 aromatic heterocycles. The molecular weight excluding hydrogens is 228 g/mol. The SMILES string of the molecule is CC1(NC(=O)OCc2ccccc2)CCCNC1. The number of nitrogens with one attached hydrogen (secondary N) is 2. The Balaban J connectivity index is 1.78. The maximum absolute atomic E-state index is 11.7. The van der Waals surface area contributed by atoms with Gasteiger partial charge in [-0.15, -0.1) is 0 Å². The number of hydrogen-bond acceptors (Lipinski definition) is 3. The summed E-state index contributed by atoms with van der Waals surface area (Å²) in [5, 5.41) is 6.23. The van der Waals surface area contributed by atoms with Crippen molar-refractivity contribution < 1.29 is 9.53 Å². The first-order valence-corrected chi connectivity index (χ1v) is 6.38. The van der Waals surface area contributed by atoms with Gasteiger partial charge in [0.1, 0.15) is 6.61 Å². The van der Waals surface area contributed by atoms with E-state index in [0.717, 1.165) is 31.5 Å². The number of carbonyl (C=O) groups excluding carboxylic acids is 1. The predicted molar refractivity (Wildman–Crippen MR) is 70.3 cm³/mol. The molecule has 2 N–H and O–H groups in total. The van der Waals surface area contributed by atoms with Crippen LogP contribution >= 0.6 is 0 Å². The van der Waals surface area contributed by atoms with Crippen molar-refractivity contribution in [1.82, 2.24) is 10.6 Å². The van der Waals surface area contributed by atoms with E-state index in [2.05, 4.69) is 10.6 Å². The van der Waals surface area contributed by atoms with Crippen LogP contribution in [0, 0.1) is 0 Å². The van der Waals surface area contributed by atoms with Gasteiger partial charge in [-0.3, -0.25) is 0 Å². The molecule has 0 bridgehead atoms. The highest BCUT2D eigenvalue weighted by Crippen LogP contribution is 2.15. The summed E-state index contributed by atoms with van der Waals surface area (Å²) in [5.74, 6) is 0. The number of alkyl carbamates (subject to hydrolysis) is 1. The van der Waals surface area contributed by atoms with Gasteiger partial charge >= 0.3 is 6.09 Å². The molecule has 4 nitrogen and oxygen atoms in total. The first kappa shape index (κ1) is 12.9. The molecule has 2 rings (SSSR count). The van der Waals surface area contributed by atoms with Crippen molar-refractivity contribution in [3.05, 3.63) is 35.9 Å². The Bertz CT molecular complexity index is 386. The largest absolute Gasteiger partial charge is 0.445 e. The van der Waals surface area contributed by atoms with Gasteiger partial charge in [0.2, 0.25) is 0 Å². The smallest absolute Gasteiger partial charge is 0.407 e. The number of hydrogen-bond donors (Lipinski definition) is 2. The molecule has 1 unspecified atom stereocenters. The maximum atomic E-state index is 11.7. The standard InChI is InChI=1S/C14H20N2O2/c1-14(8-5-9-15-11-14)16-13(17)18-10-12-6-3-2-4-7-12/h2-4,6-7,15H,5,8-11H2,1H3,(H,16,17). The normalized spacial score (nSPS) is 23.4. The van der Waals surface area contributed by atoms with Crippen molar-refractivity contribution >= 4 is 6.09 Å². The fourth-order valence-electron chi connectivity index (χ4n) is 2.17. The van der Waals surface area contributed by atoms with Crippen LogP contribution in [0.5, 0.6) is 0 Å². The summed E-state index contributed by atoms with van der Waals surface area (Å²) in [4.78, 5) is 11.7. The Labute approximate surface area is 108 Å². The summed E-state index contributed by atoms with van der Waals surface area (Å²) < 4.78 is 5.22. The van der Waals surface area contributed by atoms with Gasteiger partial charge in [-0.2, -0.15) is 0 Å². The lowest BCUT2D eigenvalue weighted by molar-refractivity contribution is 0.123. The van der Waals surface area contributed by atoms with E-state index in [4.69, 9.17) is 4.74 Å². The van der Waals surface area contributed by atoms with Crippen LogP contribution in [0.1, 0.15) is 25.3 Å². The van der Waals surface area contributed by atoms with Crippen molar-refractivity contribution in [2.24, 2.45) is 0 Å². The number of ether oxygens (including phenoxy) is 1. The summed E-state index contributed by atoms with van der Waals surface area (Å²) >= 11 is 0. The minimum atomic E-state index is -0.343. The average Bonchev–Trinajstić information content (AvgIpc) is 2.38. The quantitative estimate of drug-likeness (QED) is 0.860. The summed E-state index contributed by atoms with van der Waals surface area (Å²) in [6, 6.07) is 9.69. The second-order valence-electron chi connectivity index (χ2n) is 5.03. The molecule has 1 aliphatic heterocycles. The zero-order valence-electron chi connectivity index (χ0n) is 10.7. The van der Waals surface area contributed by atoms with Crippen LogP contribution in [-0.2, 0) is 11.3 Å². The number of benzene rings is 1. The second kappa shape index (κ2) is 5.87. The van der Waals surface area contributed by atoms with Gasteiger partial charge in [0.15, 0.2) is 0 Å². The molecule has 1 heterocycles. The predicted octanol–water partition coefficient (Wildman–Crippen LogP) is 2.05. The molecular formula is C14H20N2O2. The zero-order valence-corrected chi connectivity index (χ0v) is 10.7. The molecule has 1 amide bonds. The molecule has 1 aromatic rings. The number of amides is 1. The van der Waals surface area contributed by atoms with Crippen molar-refractivity contribution in [3.63, 3.8) is 0 Å². The summed E-state index contributed by atoms with van der Waals surface area (Å²) in [7, 11) is 0. The fraction of sp³-hybridized carbons (Fsp3) is 0.500. The molecule has 1 aliphatic rings. The van der Waals surface area contributed by atoms with Crippen LogP contribution in [0.25, 0.3) is 0 Å². The number of rotatable bonds is 3. The fourth-order valence-corrected chi connectivity index (χ4v) is 2.17. The highest BCUT2D eigenvalue weighted by atomic mass is 16.5. The molecule has 0 spiro atoms. The van der Waals surface area contributed by atoms with Crippen molar-refractivity contribution in [3.8, 4) is 0 Å². The average molecular weight is 248 g/mol. The van der Waals surface area contributed by atoms with Gasteiger partial charge < -0.3 is 15.4 Å². The third kappa shape index (κ3) is 3.74. The van der Waals surface area contributed by atoms with Crippen LogP contribution in [0.4, 0.5) is 4.79 Å². The molecule has 0 aliphatic carbocycles. The molecule has 0 radical (unpaired) electrons. The van der Waals surface area contributed by atoms with Crippen molar-refractivity contribution in [2.75, 3.05) is 13.1 Å². The molecule has 1 fully saturated rings. The van der Waals surface area contributed by atoms with E-state index < -0.39 is 0 Å². The Hall–Kier alpha value is -1.55. The third-order valence-electron chi connectivity index (χ3n) is 3.21. The highest BCUT2D eigenvalue weighted by Gasteiger charge is 2.28. The Morgan fingerprint density at radius 1 is 1.44 bits per heavy atom. The molecule has 18 heavy (non-hydrogen) atoms. The Morgan fingerprint density at radius 3 is 2.89 bits per heavy atom. The molecule has 0 saturated carbocycles. The van der Waals surface area contributed by atoms with E-state index in [9.17, 15) is 4.79 Å². The minimum Gasteiger partial charge on any atom is -0.445 e. The van der Waals surface area contributed by atoms with Crippen molar-refractivity contribution in [2.45, 2.75) is 31.9 Å². The molecule has 1 atom stereocenters. The highest BCUT2D eigenvalue weighted by molar-refractivity contribution is 5.68. The zero-order chi connectivity index (χ0) is 12.8. The third-order valence-corrected chi connectivity index (χ3v) is 3.21. The lowest BCUT2D eigenvalue weighted by atomic mass is 9.93. The monoisotopic (exact) mass is 248 g/mol. The lowest BCUT2D eigenvalue weighted by Gasteiger charge is -2.34. The molecule has 4 heteroatoms. The van der Waals surface area contributed by atoms with Crippen LogP contribution in [0.15, 0.2) is 30.3 Å². The van der Waals surface area contributed by atoms with Crippen LogP contribution in [-0.4, -0.2) is 24.7 Å². The van der Waals surface area contributed by atoms with Gasteiger partial charge in [-0.25, -0.2) is 4.79 Å². The minimum absolute atomic E-state index is 0.188. The van der Waals surface area contributed by atoms with Crippen molar-refractivity contribution in [1.29, 1.82) is 0 Å². The topological polar surface area (TPSA) is 50.4 Å². The van der Waals surface area contributed by atoms with E-state index in [0.29, 0.717) is 6.61 Å². The van der Waals surface area contributed by atoms with E-state index in [-0.39, 0.29) is 11.6 Å². The summed E-state index contributed by atoms with van der Waals surface area (Å²) in [6.07, 6.45) is 1.72. The van der Waals surface area contributed by atoms with Gasteiger partial charge in [-0.05, 0) is 31.9 Å². The Kier molecular flexibility index (Phi) is 4.20. The summed E-state index contributed by atoms with van der Waals surface area (Å²) in [5.41, 5.74) is 0.811. The first-order chi connectivity index (χ1) is 8.68. The van der Waals surface area contributed by atoms with Gasteiger partial charge in [0.05, 0.1) is 5.54 Å². The molecule has 1 aromatic carbocycles. The van der Waals surface area contributed by atoms with Crippen LogP contribution < -0.4 is 10.6 Å². The number of carbonyl (C=O) groups is 1. The lowest BCUT2D eigenvalue weighted by Crippen LogP contribution is -2.55. The molecule has 1 saturated heterocycles. The summed E-state index contributed by atoms with van der Waals surface area (Å²) in [6.45, 7) is 4.18. The van der Waals surface area contributed by atoms with Gasteiger partial charge in [0, 0.05) is 6.54 Å². The van der Waals surface area contributed by atoms with Gasteiger partial charge in [0.25, 0.3) is 0 Å². The number of piperidine rings is 1. The maximum Gasteiger partial charge on any atom is 0.407 e. The van der Waals surface area contributed by atoms with Crippen LogP contribution in [0.3, 0.4) is 0 Å².